The van der Waals surface area contributed by atoms with E-state index < -0.39 is 0 Å². The molecule has 1 aliphatic carbocycles. The molecule has 4 aromatic rings. The summed E-state index contributed by atoms with van der Waals surface area (Å²) in [5.41, 5.74) is 3.18. The Balaban J connectivity index is 1.27. The summed E-state index contributed by atoms with van der Waals surface area (Å²) >= 11 is 3.77. The van der Waals surface area contributed by atoms with Crippen LogP contribution < -0.4 is 14.8 Å². The van der Waals surface area contributed by atoms with Crippen LogP contribution in [0.4, 0.5) is 5.82 Å². The van der Waals surface area contributed by atoms with Gasteiger partial charge in [-0.25, -0.2) is 9.97 Å². The van der Waals surface area contributed by atoms with Crippen LogP contribution in [-0.2, 0) is 17.9 Å². The van der Waals surface area contributed by atoms with Gasteiger partial charge in [0.05, 0.1) is 26.2 Å². The molecule has 36 heavy (non-hydrogen) atoms. The van der Waals surface area contributed by atoms with Crippen molar-refractivity contribution in [2.45, 2.75) is 38.5 Å². The van der Waals surface area contributed by atoms with Crippen molar-refractivity contribution in [2.75, 3.05) is 26.1 Å². The quantitative estimate of drug-likeness (QED) is 0.247. The van der Waals surface area contributed by atoms with Gasteiger partial charge in [-0.15, -0.1) is 0 Å². The van der Waals surface area contributed by atoms with Crippen LogP contribution >= 0.6 is 15.9 Å². The molecule has 188 valence electrons. The molecule has 2 aromatic heterocycles. The summed E-state index contributed by atoms with van der Waals surface area (Å²) in [6, 6.07) is 16.6. The topological polar surface area (TPSA) is 70.4 Å². The number of benzene rings is 2. The van der Waals surface area contributed by atoms with Crippen molar-refractivity contribution < 1.29 is 14.2 Å². The molecule has 7 nitrogen and oxygen atoms in total. The van der Waals surface area contributed by atoms with E-state index in [1.165, 1.54) is 5.56 Å². The van der Waals surface area contributed by atoms with Gasteiger partial charge in [0.25, 0.3) is 0 Å². The number of hydrogen-bond donors (Lipinski definition) is 1. The van der Waals surface area contributed by atoms with Crippen molar-refractivity contribution in [3.05, 3.63) is 76.7 Å². The Morgan fingerprint density at radius 1 is 1.06 bits per heavy atom. The molecule has 1 fully saturated rings. The van der Waals surface area contributed by atoms with E-state index in [0.29, 0.717) is 25.1 Å². The maximum atomic E-state index is 6.03. The molecule has 0 spiro atoms. The van der Waals surface area contributed by atoms with Gasteiger partial charge in [0.15, 0.2) is 0 Å². The minimum Gasteiger partial charge on any atom is -0.497 e. The Morgan fingerprint density at radius 2 is 1.92 bits per heavy atom. The van der Waals surface area contributed by atoms with Gasteiger partial charge in [-0.2, -0.15) is 0 Å². The number of nitrogens with zero attached hydrogens (tertiary/aromatic N) is 3. The summed E-state index contributed by atoms with van der Waals surface area (Å²) in [7, 11) is 3.32. The van der Waals surface area contributed by atoms with Crippen molar-refractivity contribution in [1.29, 1.82) is 0 Å². The number of fused-ring (bicyclic) bond motifs is 1. The molecular weight excluding hydrogens is 520 g/mol. The molecule has 0 aliphatic heterocycles. The Bertz CT molecular complexity index is 1310. The van der Waals surface area contributed by atoms with Gasteiger partial charge < -0.3 is 24.1 Å². The van der Waals surface area contributed by atoms with Crippen molar-refractivity contribution >= 4 is 32.8 Å². The monoisotopic (exact) mass is 550 g/mol. The number of hydrogen-bond acceptors (Lipinski definition) is 6. The first-order valence-corrected chi connectivity index (χ1v) is 13.0. The van der Waals surface area contributed by atoms with Crippen molar-refractivity contribution in [1.82, 2.24) is 14.5 Å². The van der Waals surface area contributed by atoms with Gasteiger partial charge in [-0.3, -0.25) is 0 Å². The Labute approximate surface area is 219 Å². The maximum Gasteiger partial charge on any atom is 0.146 e. The number of ether oxygens (including phenoxy) is 3. The molecule has 1 aliphatic rings. The lowest BCUT2D eigenvalue weighted by atomic mass is 10.1. The van der Waals surface area contributed by atoms with Crippen molar-refractivity contribution in [3.8, 4) is 11.5 Å². The lowest BCUT2D eigenvalue weighted by Crippen LogP contribution is -2.09. The molecule has 2 atom stereocenters. The van der Waals surface area contributed by atoms with Gasteiger partial charge in [-0.05, 0) is 58.8 Å². The fraction of sp³-hybridized carbons (Fsp3) is 0.357. The fourth-order valence-electron chi connectivity index (χ4n) is 5.00. The average molecular weight is 551 g/mol. The standard InChI is InChI=1S/C28H31BrN4O3/c1-34-23-11-9-21(25(13-23)35-2)14-30-27-26-24(29)15-33(28(26)32-18-31-27)22-10-8-20(12-22)17-36-16-19-6-4-3-5-7-19/h3-7,9,11,13,15,18,20,22H,8,10,12,14,16-17H2,1-2H3,(H,30,31,32). The molecule has 0 radical (unpaired) electrons. The van der Waals surface area contributed by atoms with E-state index in [9.17, 15) is 0 Å². The highest BCUT2D eigenvalue weighted by Crippen LogP contribution is 2.40. The minimum absolute atomic E-state index is 0.397. The smallest absolute Gasteiger partial charge is 0.146 e. The fourth-order valence-corrected chi connectivity index (χ4v) is 5.58. The van der Waals surface area contributed by atoms with Gasteiger partial charge in [-0.1, -0.05) is 30.3 Å². The van der Waals surface area contributed by atoms with E-state index in [1.807, 2.05) is 24.3 Å². The molecule has 1 saturated carbocycles. The van der Waals surface area contributed by atoms with E-state index in [4.69, 9.17) is 14.2 Å². The number of nitrogens with one attached hydrogen (secondary N) is 1. The lowest BCUT2D eigenvalue weighted by Gasteiger charge is -2.15. The second-order valence-corrected chi connectivity index (χ2v) is 10.0. The second kappa shape index (κ2) is 11.3. The number of halogens is 1. The summed E-state index contributed by atoms with van der Waals surface area (Å²) in [6.07, 6.45) is 7.14. The van der Waals surface area contributed by atoms with Crippen molar-refractivity contribution in [2.24, 2.45) is 5.92 Å². The Kier molecular flexibility index (Phi) is 7.72. The summed E-state index contributed by atoms with van der Waals surface area (Å²) < 4.78 is 20.2. The predicted octanol–water partition coefficient (Wildman–Crippen LogP) is 6.38. The van der Waals surface area contributed by atoms with Crippen LogP contribution in [0.5, 0.6) is 11.5 Å². The van der Waals surface area contributed by atoms with Gasteiger partial charge >= 0.3 is 0 Å². The second-order valence-electron chi connectivity index (χ2n) is 9.17. The number of aromatic nitrogens is 3. The van der Waals surface area contributed by atoms with Crippen LogP contribution in [0, 0.1) is 5.92 Å². The molecule has 1 N–H and O–H groups in total. The third-order valence-corrected chi connectivity index (χ3v) is 7.48. The first kappa shape index (κ1) is 24.6. The number of rotatable bonds is 10. The molecule has 0 bridgehead atoms. The molecule has 0 amide bonds. The lowest BCUT2D eigenvalue weighted by molar-refractivity contribution is 0.0877. The summed E-state index contributed by atoms with van der Waals surface area (Å²) in [5.74, 6) is 2.89. The van der Waals surface area contributed by atoms with E-state index >= 15 is 0 Å². The summed E-state index contributed by atoms with van der Waals surface area (Å²) in [6.45, 7) is 2.03. The molecule has 2 aromatic carbocycles. The molecule has 0 saturated heterocycles. The molecule has 2 unspecified atom stereocenters. The van der Waals surface area contributed by atoms with Crippen molar-refractivity contribution in [3.63, 3.8) is 0 Å². The Hall–Kier alpha value is -3.10. The first-order valence-electron chi connectivity index (χ1n) is 12.2. The molecule has 8 heteroatoms. The highest BCUT2D eigenvalue weighted by atomic mass is 79.9. The normalized spacial score (nSPS) is 17.4. The molecule has 2 heterocycles. The highest BCUT2D eigenvalue weighted by molar-refractivity contribution is 9.10. The van der Waals surface area contributed by atoms with Crippen LogP contribution in [0.25, 0.3) is 11.0 Å². The van der Waals surface area contributed by atoms with Gasteiger partial charge in [0.2, 0.25) is 0 Å². The SMILES string of the molecule is COc1ccc(CNc2ncnc3c2c(Br)cn3C2CCC(COCc3ccccc3)C2)c(OC)c1. The average Bonchev–Trinajstić information content (AvgIpc) is 3.52. The van der Waals surface area contributed by atoms with Gasteiger partial charge in [0.1, 0.15) is 29.3 Å². The van der Waals surface area contributed by atoms with Crippen LogP contribution in [0.3, 0.4) is 0 Å². The zero-order valence-electron chi connectivity index (χ0n) is 20.6. The minimum atomic E-state index is 0.397. The third-order valence-electron chi connectivity index (χ3n) is 6.88. The maximum absolute atomic E-state index is 6.03. The van der Waals surface area contributed by atoms with Crippen LogP contribution in [0.2, 0.25) is 0 Å². The zero-order chi connectivity index (χ0) is 24.9. The summed E-state index contributed by atoms with van der Waals surface area (Å²) in [4.78, 5) is 9.20. The largest absolute Gasteiger partial charge is 0.497 e. The predicted molar refractivity (Wildman–Crippen MR) is 145 cm³/mol. The first-order chi connectivity index (χ1) is 17.7. The molecular formula is C28H31BrN4O3. The zero-order valence-corrected chi connectivity index (χ0v) is 22.2. The van der Waals surface area contributed by atoms with Crippen LogP contribution in [-0.4, -0.2) is 35.4 Å². The van der Waals surface area contributed by atoms with E-state index in [2.05, 4.69) is 66.2 Å². The van der Waals surface area contributed by atoms with Crippen LogP contribution in [0.15, 0.2) is 65.5 Å². The van der Waals surface area contributed by atoms with Crippen LogP contribution in [0.1, 0.15) is 36.4 Å². The third kappa shape index (κ3) is 5.34. The highest BCUT2D eigenvalue weighted by Gasteiger charge is 2.28. The Morgan fingerprint density at radius 3 is 2.72 bits per heavy atom. The van der Waals surface area contributed by atoms with Gasteiger partial charge in [0, 0.05) is 41.5 Å². The summed E-state index contributed by atoms with van der Waals surface area (Å²) in [5, 5.41) is 4.47. The molecule has 5 rings (SSSR count). The van der Waals surface area contributed by atoms with E-state index in [1.54, 1.807) is 20.5 Å². The van der Waals surface area contributed by atoms with E-state index in [-0.39, 0.29) is 0 Å². The number of anilines is 1. The van der Waals surface area contributed by atoms with E-state index in [0.717, 1.165) is 64.3 Å². The number of methoxy groups -OCH3 is 2.